The summed E-state index contributed by atoms with van der Waals surface area (Å²) >= 11 is 0. The first-order valence-electron chi connectivity index (χ1n) is 8.07. The predicted molar refractivity (Wildman–Crippen MR) is 91.4 cm³/mol. The second-order valence-electron chi connectivity index (χ2n) is 5.65. The first-order valence-corrected chi connectivity index (χ1v) is 8.07. The van der Waals surface area contributed by atoms with Crippen LogP contribution in [0.5, 0.6) is 0 Å². The Kier molecular flexibility index (Phi) is 4.14. The Morgan fingerprint density at radius 1 is 0.864 bits per heavy atom. The smallest absolute Gasteiger partial charge is 0.267 e. The van der Waals surface area contributed by atoms with Crippen LogP contribution in [0.25, 0.3) is 10.8 Å². The van der Waals surface area contributed by atoms with Crippen LogP contribution in [0.3, 0.4) is 0 Å². The maximum absolute atomic E-state index is 13.0. The van der Waals surface area contributed by atoms with Crippen molar-refractivity contribution in [2.24, 2.45) is 0 Å². The lowest BCUT2D eigenvalue weighted by Gasteiger charge is -2.20. The lowest BCUT2D eigenvalue weighted by molar-refractivity contribution is 0.588. The molecule has 0 amide bonds. The number of hydrogen-bond donors (Lipinski definition) is 0. The van der Waals surface area contributed by atoms with Gasteiger partial charge in [-0.05, 0) is 42.0 Å². The summed E-state index contributed by atoms with van der Waals surface area (Å²) in [6, 6.07) is 11.9. The van der Waals surface area contributed by atoms with Gasteiger partial charge in [-0.15, -0.1) is 0 Å². The molecule has 0 fully saturated rings. The van der Waals surface area contributed by atoms with Crippen LogP contribution in [0.15, 0.2) is 53.6 Å². The average molecular weight is 294 g/mol. The van der Waals surface area contributed by atoms with E-state index in [0.29, 0.717) is 0 Å². The molecule has 3 heteroatoms. The minimum atomic E-state index is 0.0649. The van der Waals surface area contributed by atoms with Crippen LogP contribution < -0.4 is 5.56 Å². The fourth-order valence-corrected chi connectivity index (χ4v) is 3.18. The molecule has 114 valence electrons. The van der Waals surface area contributed by atoms with Crippen molar-refractivity contribution >= 4 is 10.8 Å². The summed E-state index contributed by atoms with van der Waals surface area (Å²) in [5, 5.41) is 1.92. The molecule has 0 saturated carbocycles. The van der Waals surface area contributed by atoms with Crippen molar-refractivity contribution in [3.05, 3.63) is 70.4 Å². The number of hydrogen-bond acceptors (Lipinski definition) is 1. The third kappa shape index (κ3) is 2.37. The van der Waals surface area contributed by atoms with E-state index in [4.69, 9.17) is 0 Å². The van der Waals surface area contributed by atoms with Crippen molar-refractivity contribution in [1.82, 2.24) is 9.35 Å². The summed E-state index contributed by atoms with van der Waals surface area (Å²) in [5.74, 6) is 0. The summed E-state index contributed by atoms with van der Waals surface area (Å²) in [6.07, 6.45) is 7.88. The Hall–Kier alpha value is -2.29. The van der Waals surface area contributed by atoms with E-state index in [1.807, 2.05) is 52.1 Å². The average Bonchev–Trinajstić information content (AvgIpc) is 3.05. The van der Waals surface area contributed by atoms with Gasteiger partial charge in [-0.2, -0.15) is 0 Å². The standard InChI is InChI=1S/C19H22N2O/c1-3-9-16-15-11-5-6-12-17(15)19(22)21(18(16)10-4-2)20-13-7-8-14-20/h5-8,11-14H,3-4,9-10H2,1-2H3. The molecule has 2 aromatic heterocycles. The molecule has 0 N–H and O–H groups in total. The summed E-state index contributed by atoms with van der Waals surface area (Å²) in [7, 11) is 0. The van der Waals surface area contributed by atoms with E-state index >= 15 is 0 Å². The second-order valence-corrected chi connectivity index (χ2v) is 5.65. The normalized spacial score (nSPS) is 11.2. The molecule has 3 aromatic rings. The third-order valence-electron chi connectivity index (χ3n) is 4.09. The highest BCUT2D eigenvalue weighted by atomic mass is 16.1. The molecule has 0 aliphatic rings. The highest BCUT2D eigenvalue weighted by Crippen LogP contribution is 2.22. The maximum Gasteiger partial charge on any atom is 0.277 e. The Balaban J connectivity index is 2.44. The first-order chi connectivity index (χ1) is 10.8. The Morgan fingerprint density at radius 3 is 2.14 bits per heavy atom. The third-order valence-corrected chi connectivity index (χ3v) is 4.09. The van der Waals surface area contributed by atoms with E-state index in [1.165, 1.54) is 5.56 Å². The zero-order chi connectivity index (χ0) is 15.5. The number of fused-ring (bicyclic) bond motifs is 1. The number of pyridine rings is 1. The number of nitrogens with zero attached hydrogens (tertiary/aromatic N) is 2. The van der Waals surface area contributed by atoms with Crippen molar-refractivity contribution in [2.75, 3.05) is 0 Å². The molecule has 0 atom stereocenters. The summed E-state index contributed by atoms with van der Waals surface area (Å²) in [6.45, 7) is 4.35. The monoisotopic (exact) mass is 294 g/mol. The Bertz CT molecular complexity index is 829. The molecule has 3 rings (SSSR count). The topological polar surface area (TPSA) is 26.9 Å². The van der Waals surface area contributed by atoms with Crippen LogP contribution in [0, 0.1) is 0 Å². The molecule has 22 heavy (non-hydrogen) atoms. The van der Waals surface area contributed by atoms with Gasteiger partial charge in [-0.3, -0.25) is 9.47 Å². The van der Waals surface area contributed by atoms with Gasteiger partial charge in [0.15, 0.2) is 0 Å². The van der Waals surface area contributed by atoms with Gasteiger partial charge in [0.25, 0.3) is 5.56 Å². The van der Waals surface area contributed by atoms with Crippen molar-refractivity contribution in [1.29, 1.82) is 0 Å². The molecule has 1 aromatic carbocycles. The largest absolute Gasteiger partial charge is 0.277 e. The molecular weight excluding hydrogens is 272 g/mol. The molecule has 2 heterocycles. The van der Waals surface area contributed by atoms with Gasteiger partial charge in [0, 0.05) is 23.5 Å². The molecule has 0 spiro atoms. The minimum absolute atomic E-state index is 0.0649. The summed E-state index contributed by atoms with van der Waals surface area (Å²) < 4.78 is 3.75. The molecule has 0 radical (unpaired) electrons. The molecule has 0 saturated heterocycles. The number of aromatic nitrogens is 2. The van der Waals surface area contributed by atoms with Crippen molar-refractivity contribution in [2.45, 2.75) is 39.5 Å². The highest BCUT2D eigenvalue weighted by molar-refractivity contribution is 5.85. The zero-order valence-corrected chi connectivity index (χ0v) is 13.2. The van der Waals surface area contributed by atoms with Gasteiger partial charge >= 0.3 is 0 Å². The lowest BCUT2D eigenvalue weighted by Crippen LogP contribution is -2.30. The van der Waals surface area contributed by atoms with Gasteiger partial charge in [0.1, 0.15) is 0 Å². The molecule has 0 aliphatic carbocycles. The van der Waals surface area contributed by atoms with Crippen molar-refractivity contribution < 1.29 is 0 Å². The van der Waals surface area contributed by atoms with E-state index in [9.17, 15) is 4.79 Å². The molecular formula is C19H22N2O. The summed E-state index contributed by atoms with van der Waals surface area (Å²) in [5.41, 5.74) is 2.52. The highest BCUT2D eigenvalue weighted by Gasteiger charge is 2.16. The van der Waals surface area contributed by atoms with Crippen LogP contribution in [0.2, 0.25) is 0 Å². The number of rotatable bonds is 5. The predicted octanol–water partition coefficient (Wildman–Crippen LogP) is 4.02. The van der Waals surface area contributed by atoms with Crippen LogP contribution in [-0.4, -0.2) is 9.35 Å². The second kappa shape index (κ2) is 6.22. The van der Waals surface area contributed by atoms with Gasteiger partial charge in [-0.1, -0.05) is 44.9 Å². The molecule has 0 unspecified atom stereocenters. The maximum atomic E-state index is 13.0. The van der Waals surface area contributed by atoms with E-state index < -0.39 is 0 Å². The van der Waals surface area contributed by atoms with Crippen molar-refractivity contribution in [3.8, 4) is 0 Å². The van der Waals surface area contributed by atoms with Crippen LogP contribution in [0.1, 0.15) is 37.9 Å². The first kappa shape index (κ1) is 14.6. The van der Waals surface area contributed by atoms with Crippen molar-refractivity contribution in [3.63, 3.8) is 0 Å². The molecule has 0 aliphatic heterocycles. The molecule has 3 nitrogen and oxygen atoms in total. The fourth-order valence-electron chi connectivity index (χ4n) is 3.18. The fraction of sp³-hybridized carbons (Fsp3) is 0.316. The number of aryl methyl sites for hydroxylation is 1. The van der Waals surface area contributed by atoms with Gasteiger partial charge in [-0.25, -0.2) is 4.68 Å². The SMILES string of the molecule is CCCc1c(CCC)n(-n2cccc2)c(=O)c2ccccc12. The quantitative estimate of drug-likeness (QED) is 0.698. The lowest BCUT2D eigenvalue weighted by atomic mass is 9.98. The van der Waals surface area contributed by atoms with Gasteiger partial charge in [0.2, 0.25) is 0 Å². The van der Waals surface area contributed by atoms with E-state index in [-0.39, 0.29) is 5.56 Å². The van der Waals surface area contributed by atoms with Gasteiger partial charge in [0.05, 0.1) is 0 Å². The van der Waals surface area contributed by atoms with E-state index in [1.54, 1.807) is 0 Å². The Labute approximate surface area is 130 Å². The van der Waals surface area contributed by atoms with Crippen LogP contribution in [0.4, 0.5) is 0 Å². The van der Waals surface area contributed by atoms with Gasteiger partial charge < -0.3 is 0 Å². The number of benzene rings is 1. The summed E-state index contributed by atoms with van der Waals surface area (Å²) in [4.78, 5) is 13.0. The van der Waals surface area contributed by atoms with Crippen LogP contribution in [-0.2, 0) is 12.8 Å². The minimum Gasteiger partial charge on any atom is -0.267 e. The van der Waals surface area contributed by atoms with Crippen LogP contribution >= 0.6 is 0 Å². The zero-order valence-electron chi connectivity index (χ0n) is 13.2. The Morgan fingerprint density at radius 2 is 1.50 bits per heavy atom. The van der Waals surface area contributed by atoms with E-state index in [2.05, 4.69) is 19.9 Å². The molecule has 0 bridgehead atoms. The van der Waals surface area contributed by atoms with E-state index in [0.717, 1.165) is 42.1 Å².